The van der Waals surface area contributed by atoms with Crippen molar-refractivity contribution in [3.05, 3.63) is 35.9 Å². The molecule has 1 amide bonds. The number of nitrogens with one attached hydrogen (secondary N) is 1. The summed E-state index contributed by atoms with van der Waals surface area (Å²) in [4.78, 5) is 17.9. The van der Waals surface area contributed by atoms with Crippen molar-refractivity contribution < 1.29 is 4.79 Å². The fraction of sp³-hybridized carbons (Fsp3) is 0.650. The summed E-state index contributed by atoms with van der Waals surface area (Å²) >= 11 is 0. The third kappa shape index (κ3) is 3.98. The van der Waals surface area contributed by atoms with E-state index in [0.29, 0.717) is 6.04 Å². The van der Waals surface area contributed by atoms with E-state index in [9.17, 15) is 4.79 Å². The van der Waals surface area contributed by atoms with Crippen molar-refractivity contribution in [2.24, 2.45) is 0 Å². The lowest BCUT2D eigenvalue weighted by atomic mass is 9.91. The largest absolute Gasteiger partial charge is 0.338 e. The van der Waals surface area contributed by atoms with Gasteiger partial charge in [-0.2, -0.15) is 0 Å². The summed E-state index contributed by atoms with van der Waals surface area (Å²) < 4.78 is 0. The molecule has 0 radical (unpaired) electrons. The van der Waals surface area contributed by atoms with Gasteiger partial charge in [0.05, 0.1) is 0 Å². The Morgan fingerprint density at radius 1 is 1.17 bits per heavy atom. The normalized spacial score (nSPS) is 21.0. The Morgan fingerprint density at radius 3 is 2.46 bits per heavy atom. The molecular formula is C20H31N3O. The Balaban J connectivity index is 1.86. The highest BCUT2D eigenvalue weighted by Gasteiger charge is 2.35. The fourth-order valence-electron chi connectivity index (χ4n) is 4.23. The second kappa shape index (κ2) is 8.63. The molecule has 0 bridgehead atoms. The van der Waals surface area contributed by atoms with Gasteiger partial charge in [-0.15, -0.1) is 0 Å². The summed E-state index contributed by atoms with van der Waals surface area (Å²) in [6.07, 6.45) is 6.39. The van der Waals surface area contributed by atoms with Gasteiger partial charge in [-0.05, 0) is 24.9 Å². The zero-order chi connectivity index (χ0) is 16.8. The van der Waals surface area contributed by atoms with Gasteiger partial charge in [0.15, 0.2) is 0 Å². The predicted octanol–water partition coefficient (Wildman–Crippen LogP) is 2.81. The van der Waals surface area contributed by atoms with E-state index in [4.69, 9.17) is 0 Å². The maximum Gasteiger partial charge on any atom is 0.244 e. The minimum Gasteiger partial charge on any atom is -0.338 e. The van der Waals surface area contributed by atoms with Gasteiger partial charge < -0.3 is 10.2 Å². The average molecular weight is 329 g/mol. The van der Waals surface area contributed by atoms with Crippen LogP contribution in [0.1, 0.15) is 50.6 Å². The number of carbonyl (C=O) groups excluding carboxylic acids is 1. The van der Waals surface area contributed by atoms with Crippen molar-refractivity contribution in [1.29, 1.82) is 0 Å². The maximum atomic E-state index is 13.4. The molecule has 1 saturated heterocycles. The first-order valence-corrected chi connectivity index (χ1v) is 9.61. The van der Waals surface area contributed by atoms with Crippen molar-refractivity contribution in [2.45, 2.75) is 51.1 Å². The number of likely N-dealkylation sites (N-methyl/N-ethyl adjacent to an activating group) is 1. The van der Waals surface area contributed by atoms with Gasteiger partial charge in [-0.3, -0.25) is 9.69 Å². The van der Waals surface area contributed by atoms with Crippen LogP contribution in [0, 0.1) is 0 Å². The lowest BCUT2D eigenvalue weighted by molar-refractivity contribution is -0.139. The van der Waals surface area contributed by atoms with Crippen LogP contribution in [0.5, 0.6) is 0 Å². The van der Waals surface area contributed by atoms with Gasteiger partial charge in [0, 0.05) is 32.2 Å². The second-order valence-corrected chi connectivity index (χ2v) is 7.01. The van der Waals surface area contributed by atoms with Gasteiger partial charge in [0.25, 0.3) is 0 Å². The van der Waals surface area contributed by atoms with Crippen LogP contribution in [-0.2, 0) is 4.79 Å². The first kappa shape index (κ1) is 17.4. The summed E-state index contributed by atoms with van der Waals surface area (Å²) in [5.74, 6) is 0.287. The van der Waals surface area contributed by atoms with Crippen LogP contribution in [-0.4, -0.2) is 54.5 Å². The Labute approximate surface area is 146 Å². The van der Waals surface area contributed by atoms with Gasteiger partial charge >= 0.3 is 0 Å². The maximum absolute atomic E-state index is 13.4. The van der Waals surface area contributed by atoms with Crippen molar-refractivity contribution >= 4 is 5.91 Å². The zero-order valence-electron chi connectivity index (χ0n) is 14.9. The van der Waals surface area contributed by atoms with E-state index in [1.165, 1.54) is 32.1 Å². The van der Waals surface area contributed by atoms with E-state index in [2.05, 4.69) is 46.3 Å². The van der Waals surface area contributed by atoms with E-state index in [-0.39, 0.29) is 11.9 Å². The molecule has 1 aromatic carbocycles. The quantitative estimate of drug-likeness (QED) is 0.902. The Hall–Kier alpha value is -1.39. The topological polar surface area (TPSA) is 35.6 Å². The van der Waals surface area contributed by atoms with E-state index in [1.54, 1.807) is 0 Å². The number of hydrogen-bond donors (Lipinski definition) is 1. The van der Waals surface area contributed by atoms with Crippen LogP contribution in [0.3, 0.4) is 0 Å². The molecule has 3 rings (SSSR count). The first-order valence-electron chi connectivity index (χ1n) is 9.61. The van der Waals surface area contributed by atoms with E-state index >= 15 is 0 Å². The molecule has 0 aromatic heterocycles. The molecule has 0 spiro atoms. The number of rotatable bonds is 5. The van der Waals surface area contributed by atoms with Crippen LogP contribution in [0.4, 0.5) is 0 Å². The number of benzene rings is 1. The molecule has 1 aliphatic heterocycles. The average Bonchev–Trinajstić information content (AvgIpc) is 2.67. The number of amides is 1. The SMILES string of the molecule is CCN(C1CCCCC1)C(C(=O)N1CCNCC1)c1ccccc1. The summed E-state index contributed by atoms with van der Waals surface area (Å²) in [6.45, 7) is 6.60. The van der Waals surface area contributed by atoms with Crippen LogP contribution in [0.15, 0.2) is 30.3 Å². The number of hydrogen-bond acceptors (Lipinski definition) is 3. The summed E-state index contributed by atoms with van der Waals surface area (Å²) in [7, 11) is 0. The number of carbonyl (C=O) groups is 1. The second-order valence-electron chi connectivity index (χ2n) is 7.01. The number of nitrogens with zero attached hydrogens (tertiary/aromatic N) is 2. The molecular weight excluding hydrogens is 298 g/mol. The fourth-order valence-corrected chi connectivity index (χ4v) is 4.23. The van der Waals surface area contributed by atoms with Crippen LogP contribution in [0.2, 0.25) is 0 Å². The van der Waals surface area contributed by atoms with Crippen molar-refractivity contribution in [1.82, 2.24) is 15.1 Å². The molecule has 132 valence electrons. The van der Waals surface area contributed by atoms with Crippen LogP contribution >= 0.6 is 0 Å². The molecule has 1 heterocycles. The molecule has 4 nitrogen and oxygen atoms in total. The monoisotopic (exact) mass is 329 g/mol. The molecule has 1 atom stereocenters. The summed E-state index contributed by atoms with van der Waals surface area (Å²) in [5, 5.41) is 3.35. The standard InChI is InChI=1S/C20H31N3O/c1-2-23(18-11-7-4-8-12-18)19(17-9-5-3-6-10-17)20(24)22-15-13-21-14-16-22/h3,5-6,9-10,18-19,21H,2,4,7-8,11-16H2,1H3. The van der Waals surface area contributed by atoms with Gasteiger partial charge in [-0.25, -0.2) is 0 Å². The molecule has 1 aromatic rings. The van der Waals surface area contributed by atoms with Gasteiger partial charge in [0.2, 0.25) is 5.91 Å². The van der Waals surface area contributed by atoms with Gasteiger partial charge in [0.1, 0.15) is 6.04 Å². The van der Waals surface area contributed by atoms with Crippen molar-refractivity contribution in [2.75, 3.05) is 32.7 Å². The summed E-state index contributed by atoms with van der Waals surface area (Å²) in [5.41, 5.74) is 1.15. The minimum absolute atomic E-state index is 0.127. The van der Waals surface area contributed by atoms with E-state index in [1.807, 2.05) is 6.07 Å². The molecule has 2 fully saturated rings. The molecule has 24 heavy (non-hydrogen) atoms. The highest BCUT2D eigenvalue weighted by molar-refractivity contribution is 5.83. The lowest BCUT2D eigenvalue weighted by Crippen LogP contribution is -2.52. The third-order valence-corrected chi connectivity index (χ3v) is 5.52. The molecule has 1 N–H and O–H groups in total. The molecule has 4 heteroatoms. The summed E-state index contributed by atoms with van der Waals surface area (Å²) in [6, 6.07) is 10.8. The molecule has 1 aliphatic carbocycles. The minimum atomic E-state index is -0.127. The Bertz CT molecular complexity index is 507. The van der Waals surface area contributed by atoms with E-state index < -0.39 is 0 Å². The van der Waals surface area contributed by atoms with Gasteiger partial charge in [-0.1, -0.05) is 56.5 Å². The Morgan fingerprint density at radius 2 is 1.83 bits per heavy atom. The molecule has 1 unspecified atom stereocenters. The zero-order valence-corrected chi connectivity index (χ0v) is 14.9. The van der Waals surface area contributed by atoms with Crippen LogP contribution in [0.25, 0.3) is 0 Å². The highest BCUT2D eigenvalue weighted by Crippen LogP contribution is 2.31. The Kier molecular flexibility index (Phi) is 6.27. The lowest BCUT2D eigenvalue weighted by Gasteiger charge is -2.41. The highest BCUT2D eigenvalue weighted by atomic mass is 16.2. The van der Waals surface area contributed by atoms with E-state index in [0.717, 1.165) is 38.3 Å². The number of piperazine rings is 1. The third-order valence-electron chi connectivity index (χ3n) is 5.52. The first-order chi connectivity index (χ1) is 11.8. The van der Waals surface area contributed by atoms with Crippen LogP contribution < -0.4 is 5.32 Å². The van der Waals surface area contributed by atoms with Crippen molar-refractivity contribution in [3.8, 4) is 0 Å². The molecule has 2 aliphatic rings. The predicted molar refractivity (Wildman–Crippen MR) is 97.9 cm³/mol. The molecule has 1 saturated carbocycles. The van der Waals surface area contributed by atoms with Crippen molar-refractivity contribution in [3.63, 3.8) is 0 Å². The smallest absolute Gasteiger partial charge is 0.244 e.